The van der Waals surface area contributed by atoms with Crippen molar-refractivity contribution in [3.05, 3.63) is 48.5 Å². The largest absolute Gasteiger partial charge is 0.497 e. The van der Waals surface area contributed by atoms with Gasteiger partial charge in [-0.15, -0.1) is 0 Å². The van der Waals surface area contributed by atoms with E-state index >= 15 is 0 Å². The first-order chi connectivity index (χ1) is 14.0. The lowest BCUT2D eigenvalue weighted by atomic mass is 10.1. The lowest BCUT2D eigenvalue weighted by molar-refractivity contribution is -0.122. The maximum Gasteiger partial charge on any atom is 0.250 e. The van der Waals surface area contributed by atoms with Gasteiger partial charge >= 0.3 is 0 Å². The number of nitrogens with one attached hydrogen (secondary N) is 2. The summed E-state index contributed by atoms with van der Waals surface area (Å²) in [6.07, 6.45) is 0.132. The Morgan fingerprint density at radius 2 is 1.79 bits per heavy atom. The number of amides is 3. The molecule has 0 saturated carbocycles. The van der Waals surface area contributed by atoms with Crippen LogP contribution >= 0.6 is 0 Å². The highest BCUT2D eigenvalue weighted by atomic mass is 16.5. The van der Waals surface area contributed by atoms with E-state index in [-0.39, 0.29) is 30.7 Å². The Balaban J connectivity index is 1.64. The van der Waals surface area contributed by atoms with Crippen LogP contribution in [-0.2, 0) is 19.1 Å². The molecule has 0 bridgehead atoms. The summed E-state index contributed by atoms with van der Waals surface area (Å²) in [6, 6.07) is 14.0. The van der Waals surface area contributed by atoms with Gasteiger partial charge in [-0.2, -0.15) is 0 Å². The molecule has 0 aliphatic carbocycles. The Morgan fingerprint density at radius 1 is 1.07 bits per heavy atom. The normalized spacial score (nSPS) is 15.9. The molecule has 8 nitrogen and oxygen atoms in total. The van der Waals surface area contributed by atoms with Gasteiger partial charge in [0.05, 0.1) is 13.0 Å². The van der Waals surface area contributed by atoms with Crippen molar-refractivity contribution < 1.29 is 23.9 Å². The monoisotopic (exact) mass is 397 g/mol. The molecule has 1 saturated heterocycles. The van der Waals surface area contributed by atoms with E-state index < -0.39 is 5.92 Å². The molecule has 1 aliphatic rings. The fourth-order valence-electron chi connectivity index (χ4n) is 3.16. The molecule has 2 aromatic carbocycles. The van der Waals surface area contributed by atoms with Gasteiger partial charge in [-0.1, -0.05) is 12.1 Å². The van der Waals surface area contributed by atoms with E-state index in [4.69, 9.17) is 9.47 Å². The number of benzene rings is 2. The first-order valence-corrected chi connectivity index (χ1v) is 9.14. The van der Waals surface area contributed by atoms with Crippen molar-refractivity contribution in [2.75, 3.05) is 42.9 Å². The van der Waals surface area contributed by atoms with E-state index in [9.17, 15) is 14.4 Å². The quantitative estimate of drug-likeness (QED) is 0.747. The molecular weight excluding hydrogens is 374 g/mol. The number of anilines is 3. The molecule has 1 unspecified atom stereocenters. The summed E-state index contributed by atoms with van der Waals surface area (Å²) in [5, 5.41) is 5.50. The summed E-state index contributed by atoms with van der Waals surface area (Å²) in [4.78, 5) is 38.3. The van der Waals surface area contributed by atoms with Crippen molar-refractivity contribution in [2.24, 2.45) is 5.92 Å². The zero-order chi connectivity index (χ0) is 20.8. The number of carbonyl (C=O) groups excluding carboxylic acids is 3. The highest BCUT2D eigenvalue weighted by Crippen LogP contribution is 2.28. The van der Waals surface area contributed by atoms with Crippen LogP contribution in [0.4, 0.5) is 17.1 Å². The first kappa shape index (κ1) is 20.3. The number of carbonyl (C=O) groups is 3. The van der Waals surface area contributed by atoms with Crippen molar-refractivity contribution in [1.29, 1.82) is 0 Å². The van der Waals surface area contributed by atoms with E-state index in [1.807, 2.05) is 6.07 Å². The van der Waals surface area contributed by atoms with Gasteiger partial charge in [-0.3, -0.25) is 14.4 Å². The van der Waals surface area contributed by atoms with Gasteiger partial charge in [0, 0.05) is 43.2 Å². The third-order valence-electron chi connectivity index (χ3n) is 4.55. The van der Waals surface area contributed by atoms with Gasteiger partial charge in [0.25, 0.3) is 0 Å². The standard InChI is InChI=1S/C21H23N3O5/c1-28-13-19(25)22-15-5-3-6-16(10-15)23-21(27)14-9-20(26)24(12-14)17-7-4-8-18(11-17)29-2/h3-8,10-11,14H,9,12-13H2,1-2H3,(H,22,25)(H,23,27). The molecular formula is C21H23N3O5. The zero-order valence-electron chi connectivity index (χ0n) is 16.3. The minimum Gasteiger partial charge on any atom is -0.497 e. The van der Waals surface area contributed by atoms with E-state index in [1.54, 1.807) is 54.5 Å². The van der Waals surface area contributed by atoms with Crippen LogP contribution in [-0.4, -0.2) is 45.1 Å². The Hall–Kier alpha value is -3.39. The Morgan fingerprint density at radius 3 is 2.52 bits per heavy atom. The van der Waals surface area contributed by atoms with Gasteiger partial charge in [0.15, 0.2) is 0 Å². The second kappa shape index (κ2) is 9.20. The first-order valence-electron chi connectivity index (χ1n) is 9.14. The summed E-state index contributed by atoms with van der Waals surface area (Å²) in [7, 11) is 3.00. The van der Waals surface area contributed by atoms with Crippen LogP contribution in [0.5, 0.6) is 5.75 Å². The van der Waals surface area contributed by atoms with Crippen LogP contribution in [0.2, 0.25) is 0 Å². The minimum absolute atomic E-state index is 0.0547. The topological polar surface area (TPSA) is 97.0 Å². The van der Waals surface area contributed by atoms with E-state index in [0.717, 1.165) is 0 Å². The van der Waals surface area contributed by atoms with Gasteiger partial charge in [0.2, 0.25) is 17.7 Å². The zero-order valence-corrected chi connectivity index (χ0v) is 16.3. The number of methoxy groups -OCH3 is 2. The van der Waals surface area contributed by atoms with Gasteiger partial charge in [0.1, 0.15) is 12.4 Å². The molecule has 2 aromatic rings. The fraction of sp³-hybridized carbons (Fsp3) is 0.286. The minimum atomic E-state index is -0.472. The van der Waals surface area contributed by atoms with E-state index in [0.29, 0.717) is 29.4 Å². The molecule has 3 rings (SSSR count). The van der Waals surface area contributed by atoms with Gasteiger partial charge in [-0.25, -0.2) is 0 Å². The summed E-state index contributed by atoms with van der Waals surface area (Å²) in [5.74, 6) is -0.467. The second-order valence-corrected chi connectivity index (χ2v) is 6.66. The van der Waals surface area contributed by atoms with Crippen LogP contribution in [0.3, 0.4) is 0 Å². The fourth-order valence-corrected chi connectivity index (χ4v) is 3.16. The molecule has 152 valence electrons. The third-order valence-corrected chi connectivity index (χ3v) is 4.55. The molecule has 1 fully saturated rings. The smallest absolute Gasteiger partial charge is 0.250 e. The average molecular weight is 397 g/mol. The number of rotatable bonds is 7. The summed E-state index contributed by atoms with van der Waals surface area (Å²) in [6.45, 7) is 0.239. The SMILES string of the molecule is COCC(=O)Nc1cccc(NC(=O)C2CC(=O)N(c3cccc(OC)c3)C2)c1. The van der Waals surface area contributed by atoms with Crippen LogP contribution in [0.25, 0.3) is 0 Å². The maximum absolute atomic E-state index is 12.7. The lowest BCUT2D eigenvalue weighted by Crippen LogP contribution is -2.28. The molecule has 29 heavy (non-hydrogen) atoms. The lowest BCUT2D eigenvalue weighted by Gasteiger charge is -2.17. The van der Waals surface area contributed by atoms with Gasteiger partial charge < -0.3 is 25.0 Å². The Kier molecular flexibility index (Phi) is 6.46. The van der Waals surface area contributed by atoms with E-state index in [1.165, 1.54) is 7.11 Å². The van der Waals surface area contributed by atoms with Crippen molar-refractivity contribution in [3.8, 4) is 5.75 Å². The maximum atomic E-state index is 12.7. The highest BCUT2D eigenvalue weighted by molar-refractivity contribution is 6.04. The van der Waals surface area contributed by atoms with Crippen molar-refractivity contribution in [2.45, 2.75) is 6.42 Å². The molecule has 0 radical (unpaired) electrons. The summed E-state index contributed by atoms with van der Waals surface area (Å²) >= 11 is 0. The molecule has 1 atom stereocenters. The molecule has 1 aliphatic heterocycles. The molecule has 0 aromatic heterocycles. The molecule has 3 amide bonds. The van der Waals surface area contributed by atoms with Crippen LogP contribution in [0.15, 0.2) is 48.5 Å². The van der Waals surface area contributed by atoms with Crippen molar-refractivity contribution in [1.82, 2.24) is 0 Å². The number of nitrogens with zero attached hydrogens (tertiary/aromatic N) is 1. The number of ether oxygens (including phenoxy) is 2. The van der Waals surface area contributed by atoms with Crippen LogP contribution in [0.1, 0.15) is 6.42 Å². The van der Waals surface area contributed by atoms with Crippen molar-refractivity contribution >= 4 is 34.8 Å². The van der Waals surface area contributed by atoms with Crippen molar-refractivity contribution in [3.63, 3.8) is 0 Å². The molecule has 2 N–H and O–H groups in total. The third kappa shape index (κ3) is 5.11. The van der Waals surface area contributed by atoms with E-state index in [2.05, 4.69) is 10.6 Å². The molecule has 1 heterocycles. The molecule has 0 spiro atoms. The summed E-state index contributed by atoms with van der Waals surface area (Å²) in [5.41, 5.74) is 1.79. The number of hydrogen-bond donors (Lipinski definition) is 2. The Bertz CT molecular complexity index is 915. The predicted octanol–water partition coefficient (Wildman–Crippen LogP) is 2.27. The second-order valence-electron chi connectivity index (χ2n) is 6.66. The molecule has 8 heteroatoms. The highest BCUT2D eigenvalue weighted by Gasteiger charge is 2.35. The average Bonchev–Trinajstić information content (AvgIpc) is 3.10. The van der Waals surface area contributed by atoms with Crippen LogP contribution in [0, 0.1) is 5.92 Å². The number of hydrogen-bond acceptors (Lipinski definition) is 5. The van der Waals surface area contributed by atoms with Gasteiger partial charge in [-0.05, 0) is 30.3 Å². The van der Waals surface area contributed by atoms with Crippen LogP contribution < -0.4 is 20.3 Å². The Labute approximate surface area is 168 Å². The summed E-state index contributed by atoms with van der Waals surface area (Å²) < 4.78 is 9.98. The predicted molar refractivity (Wildman–Crippen MR) is 109 cm³/mol.